The molecule has 0 spiro atoms. The van der Waals surface area contributed by atoms with Gasteiger partial charge in [0.15, 0.2) is 0 Å². The molecule has 0 radical (unpaired) electrons. The second-order valence-corrected chi connectivity index (χ2v) is 6.56. The maximum atomic E-state index is 11.5. The number of carbonyl (C=O) groups is 1. The molecule has 126 valence electrons. The summed E-state index contributed by atoms with van der Waals surface area (Å²) in [6.07, 6.45) is 12.2. The van der Waals surface area contributed by atoms with E-state index in [0.29, 0.717) is 19.3 Å². The molecule has 0 saturated carbocycles. The lowest BCUT2D eigenvalue weighted by Gasteiger charge is -2.03. The van der Waals surface area contributed by atoms with Gasteiger partial charge in [-0.25, -0.2) is 4.18 Å². The summed E-state index contributed by atoms with van der Waals surface area (Å²) in [6, 6.07) is 0. The van der Waals surface area contributed by atoms with E-state index in [-0.39, 0.29) is 12.4 Å². The van der Waals surface area contributed by atoms with Crippen LogP contribution in [0.1, 0.15) is 84.0 Å². The molecule has 1 N–H and O–H groups in total. The molecule has 5 nitrogen and oxygen atoms in total. The molecule has 0 aliphatic heterocycles. The van der Waals surface area contributed by atoms with E-state index in [4.69, 9.17) is 4.55 Å². The Bertz CT molecular complexity index is 351. The van der Waals surface area contributed by atoms with Crippen molar-refractivity contribution in [1.82, 2.24) is 0 Å². The first-order valence-corrected chi connectivity index (χ1v) is 9.45. The number of ketones is 1. The van der Waals surface area contributed by atoms with Crippen molar-refractivity contribution in [2.75, 3.05) is 6.61 Å². The van der Waals surface area contributed by atoms with Crippen LogP contribution in [0, 0.1) is 0 Å². The van der Waals surface area contributed by atoms with Gasteiger partial charge in [0.2, 0.25) is 0 Å². The third-order valence-corrected chi connectivity index (χ3v) is 3.86. The minimum atomic E-state index is -4.37. The maximum Gasteiger partial charge on any atom is 0.397 e. The van der Waals surface area contributed by atoms with E-state index in [2.05, 4.69) is 11.1 Å². The summed E-state index contributed by atoms with van der Waals surface area (Å²) < 4.78 is 33.1. The van der Waals surface area contributed by atoms with Gasteiger partial charge in [0, 0.05) is 12.8 Å². The summed E-state index contributed by atoms with van der Waals surface area (Å²) in [4.78, 5) is 11.5. The molecular formula is C15H30O5S. The Balaban J connectivity index is 3.27. The fourth-order valence-corrected chi connectivity index (χ4v) is 2.52. The lowest BCUT2D eigenvalue weighted by Crippen LogP contribution is -2.07. The van der Waals surface area contributed by atoms with Crippen molar-refractivity contribution in [3.8, 4) is 0 Å². The molecule has 0 saturated heterocycles. The first-order chi connectivity index (χ1) is 9.95. The molecule has 0 fully saturated rings. The highest BCUT2D eigenvalue weighted by atomic mass is 32.3. The lowest BCUT2D eigenvalue weighted by molar-refractivity contribution is -0.119. The zero-order chi connectivity index (χ0) is 16.0. The van der Waals surface area contributed by atoms with Gasteiger partial charge < -0.3 is 0 Å². The van der Waals surface area contributed by atoms with Crippen molar-refractivity contribution >= 4 is 16.2 Å². The van der Waals surface area contributed by atoms with Crippen molar-refractivity contribution in [3.63, 3.8) is 0 Å². The largest absolute Gasteiger partial charge is 0.397 e. The smallest absolute Gasteiger partial charge is 0.300 e. The van der Waals surface area contributed by atoms with E-state index in [1.165, 1.54) is 44.9 Å². The Morgan fingerprint density at radius 1 is 0.857 bits per heavy atom. The Morgan fingerprint density at radius 3 is 1.86 bits per heavy atom. The summed E-state index contributed by atoms with van der Waals surface area (Å²) in [6.45, 7) is 2.08. The molecule has 0 bridgehead atoms. The van der Waals surface area contributed by atoms with Gasteiger partial charge in [-0.2, -0.15) is 8.42 Å². The zero-order valence-corrected chi connectivity index (χ0v) is 14.0. The molecule has 0 amide bonds. The highest BCUT2D eigenvalue weighted by Gasteiger charge is 2.06. The molecule has 0 atom stereocenters. The second kappa shape index (κ2) is 13.2. The van der Waals surface area contributed by atoms with Crippen LogP contribution in [0.2, 0.25) is 0 Å². The minimum absolute atomic E-state index is 0.136. The predicted octanol–water partition coefficient (Wildman–Crippen LogP) is 4.08. The molecule has 6 heteroatoms. The standard InChI is InChI=1S/C15H30O5S/c1-2-3-4-5-6-7-8-9-10-12-15(16)13-11-14-20-21(17,18)19/h2-14H2,1H3,(H,17,18,19). The average Bonchev–Trinajstić information content (AvgIpc) is 2.41. The first kappa shape index (κ1) is 20.5. The summed E-state index contributed by atoms with van der Waals surface area (Å²) in [7, 11) is -4.37. The molecule has 0 aromatic rings. The van der Waals surface area contributed by atoms with Crippen LogP contribution in [0.15, 0.2) is 0 Å². The van der Waals surface area contributed by atoms with Crippen LogP contribution >= 0.6 is 0 Å². The zero-order valence-electron chi connectivity index (χ0n) is 13.2. The van der Waals surface area contributed by atoms with E-state index in [1.807, 2.05) is 0 Å². The quantitative estimate of drug-likeness (QED) is 0.363. The highest BCUT2D eigenvalue weighted by molar-refractivity contribution is 7.80. The molecule has 0 aromatic carbocycles. The van der Waals surface area contributed by atoms with Gasteiger partial charge in [-0.05, 0) is 12.8 Å². The van der Waals surface area contributed by atoms with Crippen LogP contribution in [-0.4, -0.2) is 25.4 Å². The summed E-state index contributed by atoms with van der Waals surface area (Å²) in [5.41, 5.74) is 0. The molecule has 21 heavy (non-hydrogen) atoms. The van der Waals surface area contributed by atoms with Gasteiger partial charge in [-0.15, -0.1) is 0 Å². The number of hydrogen-bond acceptors (Lipinski definition) is 4. The number of hydrogen-bond donors (Lipinski definition) is 1. The van der Waals surface area contributed by atoms with Gasteiger partial charge in [0.1, 0.15) is 5.78 Å². The third-order valence-electron chi connectivity index (χ3n) is 3.39. The van der Waals surface area contributed by atoms with Crippen LogP contribution in [0.3, 0.4) is 0 Å². The average molecular weight is 322 g/mol. The Morgan fingerprint density at radius 2 is 1.33 bits per heavy atom. The molecular weight excluding hydrogens is 292 g/mol. The van der Waals surface area contributed by atoms with Crippen molar-refractivity contribution in [2.45, 2.75) is 84.0 Å². The monoisotopic (exact) mass is 322 g/mol. The number of Topliss-reactive ketones (excluding diaryl/α,β-unsaturated/α-hetero) is 1. The van der Waals surface area contributed by atoms with Gasteiger partial charge in [-0.1, -0.05) is 58.3 Å². The van der Waals surface area contributed by atoms with Crippen molar-refractivity contribution in [2.24, 2.45) is 0 Å². The van der Waals surface area contributed by atoms with E-state index in [1.54, 1.807) is 0 Å². The maximum absolute atomic E-state index is 11.5. The summed E-state index contributed by atoms with van der Waals surface area (Å²) >= 11 is 0. The molecule has 0 aromatic heterocycles. The molecule has 0 aliphatic rings. The first-order valence-electron chi connectivity index (χ1n) is 8.09. The van der Waals surface area contributed by atoms with Crippen molar-refractivity contribution < 1.29 is 21.9 Å². The van der Waals surface area contributed by atoms with Crippen LogP contribution in [0.25, 0.3) is 0 Å². The van der Waals surface area contributed by atoms with E-state index in [9.17, 15) is 13.2 Å². The molecule has 0 unspecified atom stereocenters. The summed E-state index contributed by atoms with van der Waals surface area (Å²) in [5.74, 6) is 0.136. The van der Waals surface area contributed by atoms with Crippen LogP contribution < -0.4 is 0 Å². The topological polar surface area (TPSA) is 80.7 Å². The predicted molar refractivity (Wildman–Crippen MR) is 83.6 cm³/mol. The Labute approximate surface area is 129 Å². The third kappa shape index (κ3) is 17.5. The van der Waals surface area contributed by atoms with E-state index >= 15 is 0 Å². The van der Waals surface area contributed by atoms with E-state index in [0.717, 1.165) is 12.8 Å². The van der Waals surface area contributed by atoms with Crippen LogP contribution in [0.4, 0.5) is 0 Å². The van der Waals surface area contributed by atoms with Crippen molar-refractivity contribution in [3.05, 3.63) is 0 Å². The normalized spacial score (nSPS) is 11.7. The number of unbranched alkanes of at least 4 members (excludes halogenated alkanes) is 8. The van der Waals surface area contributed by atoms with Crippen LogP contribution in [0.5, 0.6) is 0 Å². The SMILES string of the molecule is CCCCCCCCCCCC(=O)CCCOS(=O)(=O)O. The van der Waals surface area contributed by atoms with Gasteiger partial charge in [0.05, 0.1) is 6.61 Å². The molecule has 0 heterocycles. The molecule has 0 rings (SSSR count). The van der Waals surface area contributed by atoms with Crippen LogP contribution in [-0.2, 0) is 19.4 Å². The fraction of sp³-hybridized carbons (Fsp3) is 0.933. The number of carbonyl (C=O) groups excluding carboxylic acids is 1. The number of rotatable bonds is 15. The fourth-order valence-electron chi connectivity index (χ4n) is 2.19. The highest BCUT2D eigenvalue weighted by Crippen LogP contribution is 2.11. The van der Waals surface area contributed by atoms with Gasteiger partial charge in [0.25, 0.3) is 0 Å². The Hall–Kier alpha value is -0.460. The van der Waals surface area contributed by atoms with E-state index < -0.39 is 10.4 Å². The van der Waals surface area contributed by atoms with Gasteiger partial charge in [-0.3, -0.25) is 9.35 Å². The van der Waals surface area contributed by atoms with Crippen molar-refractivity contribution in [1.29, 1.82) is 0 Å². The molecule has 0 aliphatic carbocycles. The Kier molecular flexibility index (Phi) is 12.9. The second-order valence-electron chi connectivity index (χ2n) is 5.47. The van der Waals surface area contributed by atoms with Gasteiger partial charge >= 0.3 is 10.4 Å². The lowest BCUT2D eigenvalue weighted by atomic mass is 10.0. The minimum Gasteiger partial charge on any atom is -0.300 e. The summed E-state index contributed by atoms with van der Waals surface area (Å²) in [5, 5.41) is 0.